The van der Waals surface area contributed by atoms with Crippen molar-refractivity contribution in [3.63, 3.8) is 0 Å². The summed E-state index contributed by atoms with van der Waals surface area (Å²) >= 11 is 0. The van der Waals surface area contributed by atoms with Crippen LogP contribution in [0.5, 0.6) is 0 Å². The Hall–Kier alpha value is -1.00. The zero-order chi connectivity index (χ0) is 20.1. The molecule has 1 saturated heterocycles. The number of hydrogen-bond acceptors (Lipinski definition) is 5. The first-order valence-electron chi connectivity index (χ1n) is 10.0. The van der Waals surface area contributed by atoms with E-state index in [1.807, 2.05) is 12.2 Å². The lowest BCUT2D eigenvalue weighted by Crippen LogP contribution is -2.56. The van der Waals surface area contributed by atoms with Gasteiger partial charge in [-0.1, -0.05) is 26.8 Å². The summed E-state index contributed by atoms with van der Waals surface area (Å²) in [5, 5.41) is 10.2. The largest absolute Gasteiger partial charge is 0.414 e. The average molecular weight is 392 g/mol. The molecule has 1 heterocycles. The van der Waals surface area contributed by atoms with Gasteiger partial charge < -0.3 is 13.9 Å². The molecule has 0 amide bonds. The highest BCUT2D eigenvalue weighted by molar-refractivity contribution is 6.74. The number of allylic oxidation sites excluding steroid dienone is 1. The van der Waals surface area contributed by atoms with Crippen molar-refractivity contribution in [1.82, 2.24) is 0 Å². The maximum atomic E-state index is 12.3. The molecule has 150 valence electrons. The van der Waals surface area contributed by atoms with Crippen molar-refractivity contribution in [2.24, 2.45) is 17.3 Å². The van der Waals surface area contributed by atoms with Gasteiger partial charge in [0.25, 0.3) is 0 Å². The van der Waals surface area contributed by atoms with Crippen LogP contribution in [0, 0.1) is 28.6 Å². The third-order valence-corrected chi connectivity index (χ3v) is 11.7. The highest BCUT2D eigenvalue weighted by Crippen LogP contribution is 2.54. The molecular weight excluding hydrogens is 358 g/mol. The summed E-state index contributed by atoms with van der Waals surface area (Å²) in [6.07, 6.45) is 5.58. The SMILES string of the molecule is CC(=O)[C@@H]1C[C@H](O[Si](C)(C)C(C)(C)C)[C@H]2CC3(C=C[C@@]2(C#N)C1)OCCO3. The molecule has 2 aliphatic carbocycles. The molecule has 0 aromatic rings. The predicted molar refractivity (Wildman–Crippen MR) is 105 cm³/mol. The van der Waals surface area contributed by atoms with E-state index in [0.29, 0.717) is 32.5 Å². The molecule has 1 aliphatic heterocycles. The first kappa shape index (κ1) is 20.7. The Labute approximate surface area is 164 Å². The van der Waals surface area contributed by atoms with Gasteiger partial charge in [0.1, 0.15) is 5.78 Å². The standard InChI is InChI=1S/C21H33NO4Si/c1-15(23)16-11-18(26-27(5,6)19(2,3)4)17-13-21(24-9-10-25-21)8-7-20(17,12-16)14-22/h7-8,16-18H,9-13H2,1-6H3/t16-,17-,18+,20+/m1/s1. The van der Waals surface area contributed by atoms with Gasteiger partial charge >= 0.3 is 0 Å². The normalized spacial score (nSPS) is 35.7. The summed E-state index contributed by atoms with van der Waals surface area (Å²) in [6, 6.07) is 2.55. The molecular formula is C21H33NO4Si. The summed E-state index contributed by atoms with van der Waals surface area (Å²) in [4.78, 5) is 12.3. The minimum Gasteiger partial charge on any atom is -0.414 e. The molecule has 0 N–H and O–H groups in total. The molecule has 2 fully saturated rings. The van der Waals surface area contributed by atoms with Crippen molar-refractivity contribution in [3.05, 3.63) is 12.2 Å². The second-order valence-electron chi connectivity index (χ2n) is 9.97. The number of fused-ring (bicyclic) bond motifs is 1. The van der Waals surface area contributed by atoms with Gasteiger partial charge in [0, 0.05) is 18.3 Å². The summed E-state index contributed by atoms with van der Waals surface area (Å²) < 4.78 is 18.6. The summed E-state index contributed by atoms with van der Waals surface area (Å²) in [6.45, 7) is 13.9. The molecule has 0 aromatic carbocycles. The maximum Gasteiger partial charge on any atom is 0.192 e. The van der Waals surface area contributed by atoms with E-state index in [0.717, 1.165) is 0 Å². The molecule has 0 bridgehead atoms. The van der Waals surface area contributed by atoms with Crippen LogP contribution in [0.15, 0.2) is 12.2 Å². The fourth-order valence-corrected chi connectivity index (χ4v) is 5.79. The highest BCUT2D eigenvalue weighted by atomic mass is 28.4. The molecule has 1 saturated carbocycles. The minimum atomic E-state index is -2.06. The maximum absolute atomic E-state index is 12.3. The number of hydrogen-bond donors (Lipinski definition) is 0. The van der Waals surface area contributed by atoms with Gasteiger partial charge in [-0.15, -0.1) is 0 Å². The van der Waals surface area contributed by atoms with Crippen molar-refractivity contribution < 1.29 is 18.7 Å². The van der Waals surface area contributed by atoms with Crippen LogP contribution in [0.2, 0.25) is 18.1 Å². The first-order valence-corrected chi connectivity index (χ1v) is 12.9. The molecule has 5 nitrogen and oxygen atoms in total. The Balaban J connectivity index is 1.99. The molecule has 27 heavy (non-hydrogen) atoms. The molecule has 3 aliphatic rings. The number of rotatable bonds is 3. The second kappa shape index (κ2) is 6.80. The number of Topliss-reactive ketones (excluding diaryl/α,β-unsaturated/α-hetero) is 1. The van der Waals surface area contributed by atoms with Gasteiger partial charge in [-0.25, -0.2) is 0 Å². The Kier molecular flexibility index (Phi) is 5.22. The Morgan fingerprint density at radius 3 is 2.37 bits per heavy atom. The second-order valence-corrected chi connectivity index (χ2v) is 14.7. The van der Waals surface area contributed by atoms with Crippen LogP contribution in [-0.4, -0.2) is 39.2 Å². The van der Waals surface area contributed by atoms with E-state index in [4.69, 9.17) is 13.9 Å². The van der Waals surface area contributed by atoms with Gasteiger partial charge in [0.15, 0.2) is 14.1 Å². The topological polar surface area (TPSA) is 68.6 Å². The third-order valence-electron chi connectivity index (χ3n) is 7.16. The van der Waals surface area contributed by atoms with Crippen LogP contribution in [-0.2, 0) is 18.7 Å². The third kappa shape index (κ3) is 3.67. The van der Waals surface area contributed by atoms with E-state index in [1.54, 1.807) is 6.92 Å². The van der Waals surface area contributed by atoms with Gasteiger partial charge in [0.05, 0.1) is 30.8 Å². The lowest BCUT2D eigenvalue weighted by atomic mass is 9.58. The predicted octanol–water partition coefficient (Wildman–Crippen LogP) is 4.20. The van der Waals surface area contributed by atoms with E-state index in [2.05, 4.69) is 39.9 Å². The van der Waals surface area contributed by atoms with Crippen LogP contribution in [0.3, 0.4) is 0 Å². The number of nitriles is 1. The smallest absolute Gasteiger partial charge is 0.192 e. The molecule has 0 unspecified atom stereocenters. The van der Waals surface area contributed by atoms with Gasteiger partial charge in [-0.3, -0.25) is 4.79 Å². The lowest BCUT2D eigenvalue weighted by molar-refractivity contribution is -0.161. The molecule has 6 heteroatoms. The van der Waals surface area contributed by atoms with E-state index in [-0.39, 0.29) is 28.8 Å². The number of carbonyl (C=O) groups is 1. The van der Waals surface area contributed by atoms with Gasteiger partial charge in [-0.05, 0) is 44.0 Å². The van der Waals surface area contributed by atoms with Gasteiger partial charge in [-0.2, -0.15) is 5.26 Å². The zero-order valence-electron chi connectivity index (χ0n) is 17.5. The molecule has 0 aromatic heterocycles. The van der Waals surface area contributed by atoms with Crippen molar-refractivity contribution in [2.75, 3.05) is 13.2 Å². The van der Waals surface area contributed by atoms with Gasteiger partial charge in [0.2, 0.25) is 0 Å². The quantitative estimate of drug-likeness (QED) is 0.532. The van der Waals surface area contributed by atoms with Crippen molar-refractivity contribution in [3.8, 4) is 6.07 Å². The number of nitrogens with zero attached hydrogens (tertiary/aromatic N) is 1. The Bertz CT molecular complexity index is 669. The minimum absolute atomic E-state index is 0.0321. The number of carbonyl (C=O) groups excluding carboxylic acids is 1. The zero-order valence-corrected chi connectivity index (χ0v) is 18.5. The van der Waals surface area contributed by atoms with E-state index >= 15 is 0 Å². The molecule has 3 rings (SSSR count). The van der Waals surface area contributed by atoms with E-state index in [9.17, 15) is 10.1 Å². The van der Waals surface area contributed by atoms with Crippen LogP contribution in [0.25, 0.3) is 0 Å². The van der Waals surface area contributed by atoms with Crippen molar-refractivity contribution >= 4 is 14.1 Å². The van der Waals surface area contributed by atoms with Crippen LogP contribution in [0.4, 0.5) is 0 Å². The number of ketones is 1. The highest BCUT2D eigenvalue weighted by Gasteiger charge is 2.57. The lowest BCUT2D eigenvalue weighted by Gasteiger charge is -2.52. The van der Waals surface area contributed by atoms with Crippen molar-refractivity contribution in [2.45, 2.75) is 77.0 Å². The van der Waals surface area contributed by atoms with E-state index in [1.165, 1.54) is 0 Å². The van der Waals surface area contributed by atoms with Crippen LogP contribution in [0.1, 0.15) is 47.0 Å². The Morgan fingerprint density at radius 2 is 1.85 bits per heavy atom. The van der Waals surface area contributed by atoms with Crippen molar-refractivity contribution in [1.29, 1.82) is 5.26 Å². The van der Waals surface area contributed by atoms with E-state index < -0.39 is 19.5 Å². The van der Waals surface area contributed by atoms with Crippen LogP contribution >= 0.6 is 0 Å². The number of ether oxygens (including phenoxy) is 2. The fourth-order valence-electron chi connectivity index (χ4n) is 4.42. The summed E-state index contributed by atoms with van der Waals surface area (Å²) in [7, 11) is -2.06. The monoisotopic (exact) mass is 391 g/mol. The molecule has 0 radical (unpaired) electrons. The fraction of sp³-hybridized carbons (Fsp3) is 0.810. The Morgan fingerprint density at radius 1 is 1.22 bits per heavy atom. The summed E-state index contributed by atoms with van der Waals surface area (Å²) in [5.41, 5.74) is -0.692. The first-order chi connectivity index (χ1) is 12.4. The average Bonchev–Trinajstić information content (AvgIpc) is 3.02. The molecule has 4 atom stereocenters. The summed E-state index contributed by atoms with van der Waals surface area (Å²) in [5.74, 6) is -0.757. The van der Waals surface area contributed by atoms with Crippen LogP contribution < -0.4 is 0 Å². The molecule has 1 spiro atoms.